The molecule has 170 valence electrons. The van der Waals surface area contributed by atoms with Crippen LogP contribution < -0.4 is 0 Å². The molecule has 0 spiro atoms. The van der Waals surface area contributed by atoms with Gasteiger partial charge in [0.1, 0.15) is 0 Å². The summed E-state index contributed by atoms with van der Waals surface area (Å²) in [7, 11) is 2.11. The summed E-state index contributed by atoms with van der Waals surface area (Å²) in [6.45, 7) is 12.0. The van der Waals surface area contributed by atoms with E-state index in [9.17, 15) is 4.79 Å². The predicted molar refractivity (Wildman–Crippen MR) is 128 cm³/mol. The molecule has 1 amide bonds. The van der Waals surface area contributed by atoms with Crippen molar-refractivity contribution >= 4 is 5.91 Å². The average molecular weight is 422 g/mol. The number of rotatable bonds is 1. The van der Waals surface area contributed by atoms with Gasteiger partial charge in [-0.1, -0.05) is 65.3 Å². The standard InChI is InChI=1S/C29H43NO/c1-27(2,3)22-11-8-7-10-19(22)21-18-29(5)24-15-17-28(4)16-9-12-23(28)20(24)13-14-25(29)30(6)26(21)31/h7-8,10-11,20-21,23-25H,9,12-18H2,1-6H3/t20-,21?,23-,24-,25+,28-,29+/m0/s1. The van der Waals surface area contributed by atoms with Gasteiger partial charge in [-0.15, -0.1) is 0 Å². The summed E-state index contributed by atoms with van der Waals surface area (Å²) in [6, 6.07) is 9.21. The van der Waals surface area contributed by atoms with Crippen LogP contribution in [0.1, 0.15) is 103 Å². The first-order valence-corrected chi connectivity index (χ1v) is 12.9. The monoisotopic (exact) mass is 421 g/mol. The molecule has 7 atom stereocenters. The molecule has 0 N–H and O–H groups in total. The van der Waals surface area contributed by atoms with E-state index in [0.29, 0.717) is 17.4 Å². The Bertz CT molecular complexity index is 868. The predicted octanol–water partition coefficient (Wildman–Crippen LogP) is 6.93. The van der Waals surface area contributed by atoms with Crippen molar-refractivity contribution < 1.29 is 4.79 Å². The lowest BCUT2D eigenvalue weighted by molar-refractivity contribution is -0.160. The first-order valence-electron chi connectivity index (χ1n) is 12.9. The topological polar surface area (TPSA) is 20.3 Å². The molecule has 1 heterocycles. The zero-order chi connectivity index (χ0) is 22.2. The molecule has 0 bridgehead atoms. The van der Waals surface area contributed by atoms with Crippen molar-refractivity contribution in [3.05, 3.63) is 35.4 Å². The minimum absolute atomic E-state index is 0.0114. The number of carbonyl (C=O) groups excluding carboxylic acids is 1. The Balaban J connectivity index is 1.53. The molecule has 0 radical (unpaired) electrons. The van der Waals surface area contributed by atoms with Crippen LogP contribution in [0.25, 0.3) is 0 Å². The van der Waals surface area contributed by atoms with Crippen LogP contribution in [0.15, 0.2) is 24.3 Å². The molecule has 1 aromatic carbocycles. The van der Waals surface area contributed by atoms with Gasteiger partial charge in [0, 0.05) is 13.1 Å². The van der Waals surface area contributed by atoms with E-state index < -0.39 is 0 Å². The zero-order valence-corrected chi connectivity index (χ0v) is 20.7. The fourth-order valence-electron chi connectivity index (χ4n) is 9.01. The van der Waals surface area contributed by atoms with Gasteiger partial charge in [0.25, 0.3) is 0 Å². The lowest BCUT2D eigenvalue weighted by Gasteiger charge is -2.62. The van der Waals surface area contributed by atoms with Crippen LogP contribution >= 0.6 is 0 Å². The van der Waals surface area contributed by atoms with Crippen LogP contribution in [0.4, 0.5) is 0 Å². The van der Waals surface area contributed by atoms with Crippen molar-refractivity contribution in [1.29, 1.82) is 0 Å². The molecule has 4 fully saturated rings. The van der Waals surface area contributed by atoms with E-state index >= 15 is 0 Å². The molecule has 1 aliphatic heterocycles. The molecule has 31 heavy (non-hydrogen) atoms. The van der Waals surface area contributed by atoms with Gasteiger partial charge >= 0.3 is 0 Å². The SMILES string of the molecule is CN1C(=O)C(c2ccccc2C(C)(C)C)C[C@]2(C)[C@H]3CC[C@]4(C)CCC[C@H]4[C@@H]3CC[C@@H]12. The fraction of sp³-hybridized carbons (Fsp3) is 0.759. The number of benzene rings is 1. The summed E-state index contributed by atoms with van der Waals surface area (Å²) in [5, 5.41) is 0. The van der Waals surface area contributed by atoms with Crippen LogP contribution in [-0.4, -0.2) is 23.9 Å². The normalized spacial score (nSPS) is 42.7. The molecule has 2 heteroatoms. The Hall–Kier alpha value is -1.31. The van der Waals surface area contributed by atoms with Gasteiger partial charge in [0.05, 0.1) is 5.92 Å². The van der Waals surface area contributed by atoms with Crippen LogP contribution in [0, 0.1) is 28.6 Å². The molecule has 1 saturated heterocycles. The Morgan fingerprint density at radius 1 is 0.968 bits per heavy atom. The van der Waals surface area contributed by atoms with Crippen LogP contribution in [0.2, 0.25) is 0 Å². The largest absolute Gasteiger partial charge is 0.342 e. The molecular weight excluding hydrogens is 378 g/mol. The number of likely N-dealkylation sites (N-methyl/N-ethyl adjacent to an activating group) is 1. The molecule has 3 aliphatic carbocycles. The van der Waals surface area contributed by atoms with E-state index in [0.717, 1.165) is 24.2 Å². The number of hydrogen-bond acceptors (Lipinski definition) is 1. The first-order chi connectivity index (χ1) is 14.6. The lowest BCUT2D eigenvalue weighted by atomic mass is 9.46. The number of hydrogen-bond donors (Lipinski definition) is 0. The van der Waals surface area contributed by atoms with Gasteiger partial charge in [-0.3, -0.25) is 4.79 Å². The summed E-state index contributed by atoms with van der Waals surface area (Å²) in [4.78, 5) is 15.9. The maximum Gasteiger partial charge on any atom is 0.230 e. The number of piperidine rings is 1. The number of amides is 1. The van der Waals surface area contributed by atoms with Crippen molar-refractivity contribution in [3.8, 4) is 0 Å². The van der Waals surface area contributed by atoms with Gasteiger partial charge in [-0.25, -0.2) is 0 Å². The molecule has 3 saturated carbocycles. The Morgan fingerprint density at radius 3 is 2.45 bits per heavy atom. The summed E-state index contributed by atoms with van der Waals surface area (Å²) >= 11 is 0. The highest BCUT2D eigenvalue weighted by atomic mass is 16.2. The molecule has 5 rings (SSSR count). The molecule has 4 aliphatic rings. The van der Waals surface area contributed by atoms with E-state index in [2.05, 4.69) is 70.8 Å². The number of likely N-dealkylation sites (tertiary alicyclic amines) is 1. The summed E-state index contributed by atoms with van der Waals surface area (Å²) in [6.07, 6.45) is 10.7. The zero-order valence-electron chi connectivity index (χ0n) is 20.7. The summed E-state index contributed by atoms with van der Waals surface area (Å²) in [5.41, 5.74) is 3.53. The smallest absolute Gasteiger partial charge is 0.230 e. The Kier molecular flexibility index (Phi) is 4.93. The third kappa shape index (κ3) is 3.14. The van der Waals surface area contributed by atoms with Gasteiger partial charge in [-0.2, -0.15) is 0 Å². The third-order valence-electron chi connectivity index (χ3n) is 10.5. The van der Waals surface area contributed by atoms with E-state index in [4.69, 9.17) is 0 Å². The Labute approximate surface area is 190 Å². The van der Waals surface area contributed by atoms with Crippen molar-refractivity contribution in [2.45, 2.75) is 103 Å². The average Bonchev–Trinajstić information content (AvgIpc) is 3.12. The second-order valence-electron chi connectivity index (χ2n) is 13.1. The van der Waals surface area contributed by atoms with Crippen molar-refractivity contribution in [2.75, 3.05) is 7.05 Å². The minimum Gasteiger partial charge on any atom is -0.342 e. The minimum atomic E-state index is 0.0114. The van der Waals surface area contributed by atoms with E-state index in [1.807, 2.05) is 0 Å². The number of fused-ring (bicyclic) bond motifs is 5. The number of carbonyl (C=O) groups is 1. The molecule has 1 aromatic rings. The Morgan fingerprint density at radius 2 is 1.71 bits per heavy atom. The van der Waals surface area contributed by atoms with Crippen molar-refractivity contribution in [2.24, 2.45) is 28.6 Å². The van der Waals surface area contributed by atoms with E-state index in [1.165, 1.54) is 56.1 Å². The lowest BCUT2D eigenvalue weighted by Crippen LogP contribution is -2.62. The van der Waals surface area contributed by atoms with E-state index in [-0.39, 0.29) is 16.7 Å². The van der Waals surface area contributed by atoms with Crippen molar-refractivity contribution in [1.82, 2.24) is 4.90 Å². The molecule has 1 unspecified atom stereocenters. The van der Waals surface area contributed by atoms with E-state index in [1.54, 1.807) is 0 Å². The molecular formula is C29H43NO. The summed E-state index contributed by atoms with van der Waals surface area (Å²) < 4.78 is 0. The van der Waals surface area contributed by atoms with Gasteiger partial charge < -0.3 is 4.90 Å². The fourth-order valence-corrected chi connectivity index (χ4v) is 9.01. The van der Waals surface area contributed by atoms with Crippen LogP contribution in [0.3, 0.4) is 0 Å². The first kappa shape index (κ1) is 21.5. The molecule has 2 nitrogen and oxygen atoms in total. The molecule has 0 aromatic heterocycles. The van der Waals surface area contributed by atoms with Gasteiger partial charge in [0.2, 0.25) is 5.91 Å². The van der Waals surface area contributed by atoms with Crippen LogP contribution in [-0.2, 0) is 10.2 Å². The maximum atomic E-state index is 13.7. The quantitative estimate of drug-likeness (QED) is 0.481. The highest BCUT2D eigenvalue weighted by molar-refractivity contribution is 5.85. The third-order valence-corrected chi connectivity index (χ3v) is 10.5. The van der Waals surface area contributed by atoms with Crippen LogP contribution in [0.5, 0.6) is 0 Å². The summed E-state index contributed by atoms with van der Waals surface area (Å²) in [5.74, 6) is 2.95. The van der Waals surface area contributed by atoms with Crippen molar-refractivity contribution in [3.63, 3.8) is 0 Å². The number of nitrogens with zero attached hydrogens (tertiary/aromatic N) is 1. The van der Waals surface area contributed by atoms with Gasteiger partial charge in [0.15, 0.2) is 0 Å². The van der Waals surface area contributed by atoms with Gasteiger partial charge in [-0.05, 0) is 90.1 Å². The second-order valence-corrected chi connectivity index (χ2v) is 13.1. The highest BCUT2D eigenvalue weighted by Gasteiger charge is 2.60. The highest BCUT2D eigenvalue weighted by Crippen LogP contribution is 2.65. The second kappa shape index (κ2) is 7.09. The maximum absolute atomic E-state index is 13.7.